The maximum absolute atomic E-state index is 11.5. The molecule has 5 nitrogen and oxygen atoms in total. The Labute approximate surface area is 116 Å². The summed E-state index contributed by atoms with van der Waals surface area (Å²) in [5.74, 6) is 0.228. The highest BCUT2D eigenvalue weighted by atomic mass is 35.7. The Balaban J connectivity index is 2.25. The van der Waals surface area contributed by atoms with E-state index in [1.165, 1.54) is 6.07 Å². The second-order valence-electron chi connectivity index (χ2n) is 4.16. The Morgan fingerprint density at radius 1 is 1.37 bits per heavy atom. The van der Waals surface area contributed by atoms with E-state index in [4.69, 9.17) is 15.4 Å². The molecule has 0 bridgehead atoms. The molecule has 2 rings (SSSR count). The summed E-state index contributed by atoms with van der Waals surface area (Å²) in [5, 5.41) is 4.14. The summed E-state index contributed by atoms with van der Waals surface area (Å²) in [4.78, 5) is -0.0231. The van der Waals surface area contributed by atoms with E-state index in [9.17, 15) is 8.42 Å². The molecule has 0 atom stereocenters. The maximum Gasteiger partial charge on any atom is 0.264 e. The van der Waals surface area contributed by atoms with Gasteiger partial charge in [-0.1, -0.05) is 6.07 Å². The summed E-state index contributed by atoms with van der Waals surface area (Å²) in [7, 11) is 3.36. The first-order valence-electron chi connectivity index (χ1n) is 5.53. The fourth-order valence-corrected chi connectivity index (χ4v) is 2.67. The van der Waals surface area contributed by atoms with Crippen LogP contribution >= 0.6 is 10.7 Å². The molecule has 0 aliphatic heterocycles. The quantitative estimate of drug-likeness (QED) is 0.812. The van der Waals surface area contributed by atoms with E-state index in [0.717, 1.165) is 5.56 Å². The zero-order valence-electron chi connectivity index (χ0n) is 10.5. The fourth-order valence-electron chi connectivity index (χ4n) is 1.62. The predicted octanol–water partition coefficient (Wildman–Crippen LogP) is 2.24. The molecular formula is C12H13ClN2O3S. The zero-order valence-corrected chi connectivity index (χ0v) is 12.1. The molecule has 0 aliphatic rings. The summed E-state index contributed by atoms with van der Waals surface area (Å²) >= 11 is 0. The van der Waals surface area contributed by atoms with Crippen LogP contribution in [0.3, 0.4) is 0 Å². The highest BCUT2D eigenvalue weighted by Gasteiger charge is 2.17. The van der Waals surface area contributed by atoms with Crippen LogP contribution in [0.4, 0.5) is 0 Å². The van der Waals surface area contributed by atoms with Crippen LogP contribution in [0.1, 0.15) is 11.3 Å². The van der Waals surface area contributed by atoms with Crippen LogP contribution < -0.4 is 4.74 Å². The highest BCUT2D eigenvalue weighted by Crippen LogP contribution is 2.28. The van der Waals surface area contributed by atoms with E-state index in [-0.39, 0.29) is 17.3 Å². The lowest BCUT2D eigenvalue weighted by Gasteiger charge is -2.09. The largest absolute Gasteiger partial charge is 0.486 e. The number of hydrogen-bond acceptors (Lipinski definition) is 4. The molecule has 2 aromatic rings. The lowest BCUT2D eigenvalue weighted by atomic mass is 10.2. The molecule has 1 aromatic heterocycles. The van der Waals surface area contributed by atoms with Crippen molar-refractivity contribution in [3.05, 3.63) is 41.7 Å². The van der Waals surface area contributed by atoms with Gasteiger partial charge in [0, 0.05) is 23.9 Å². The van der Waals surface area contributed by atoms with Crippen LogP contribution in [-0.2, 0) is 22.7 Å². The molecule has 0 saturated carbocycles. The van der Waals surface area contributed by atoms with Crippen LogP contribution in [0.2, 0.25) is 0 Å². The fraction of sp³-hybridized carbons (Fsp3) is 0.250. The Bertz CT molecular complexity index is 695. The lowest BCUT2D eigenvalue weighted by Crippen LogP contribution is -2.02. The topological polar surface area (TPSA) is 61.2 Å². The molecule has 1 aromatic carbocycles. The molecule has 102 valence electrons. The molecule has 19 heavy (non-hydrogen) atoms. The summed E-state index contributed by atoms with van der Waals surface area (Å²) < 4.78 is 30.1. The third-order valence-corrected chi connectivity index (χ3v) is 3.85. The second kappa shape index (κ2) is 5.22. The van der Waals surface area contributed by atoms with Crippen molar-refractivity contribution in [1.29, 1.82) is 0 Å². The van der Waals surface area contributed by atoms with E-state index in [1.54, 1.807) is 43.0 Å². The maximum atomic E-state index is 11.5. The Morgan fingerprint density at radius 2 is 2.11 bits per heavy atom. The molecule has 0 N–H and O–H groups in total. The molecule has 0 radical (unpaired) electrons. The molecule has 1 heterocycles. The normalized spacial score (nSPS) is 11.5. The van der Waals surface area contributed by atoms with Crippen LogP contribution in [0.25, 0.3) is 0 Å². The van der Waals surface area contributed by atoms with E-state index >= 15 is 0 Å². The van der Waals surface area contributed by atoms with E-state index in [2.05, 4.69) is 5.10 Å². The first kappa shape index (κ1) is 13.9. The van der Waals surface area contributed by atoms with Gasteiger partial charge < -0.3 is 4.74 Å². The predicted molar refractivity (Wildman–Crippen MR) is 71.8 cm³/mol. The van der Waals surface area contributed by atoms with Gasteiger partial charge in [-0.3, -0.25) is 4.68 Å². The smallest absolute Gasteiger partial charge is 0.264 e. The number of aromatic nitrogens is 2. The van der Waals surface area contributed by atoms with Crippen LogP contribution in [0.5, 0.6) is 5.75 Å². The molecule has 0 spiro atoms. The highest BCUT2D eigenvalue weighted by molar-refractivity contribution is 8.13. The summed E-state index contributed by atoms with van der Waals surface area (Å²) in [5.41, 5.74) is 1.51. The summed E-state index contributed by atoms with van der Waals surface area (Å²) in [6.45, 7) is 1.97. The molecular weight excluding hydrogens is 288 g/mol. The van der Waals surface area contributed by atoms with Crippen LogP contribution in [0.15, 0.2) is 35.4 Å². The van der Waals surface area contributed by atoms with Crippen molar-refractivity contribution in [1.82, 2.24) is 9.78 Å². The summed E-state index contributed by atoms with van der Waals surface area (Å²) in [6.07, 6.45) is 1.78. The number of ether oxygens (including phenoxy) is 1. The number of halogens is 1. The van der Waals surface area contributed by atoms with Crippen molar-refractivity contribution in [2.75, 3.05) is 0 Å². The Kier molecular flexibility index (Phi) is 3.82. The van der Waals surface area contributed by atoms with Gasteiger partial charge in [0.05, 0.1) is 5.69 Å². The molecule has 0 amide bonds. The first-order chi connectivity index (χ1) is 8.86. The minimum atomic E-state index is -3.83. The van der Waals surface area contributed by atoms with E-state index < -0.39 is 9.05 Å². The van der Waals surface area contributed by atoms with E-state index in [0.29, 0.717) is 5.69 Å². The molecule has 0 saturated heterocycles. The standard InChI is InChI=1S/C12H13ClN2O3S/c1-9-3-4-11(12(7-9)19(13,16)17)18-8-10-5-6-15(2)14-10/h3-7H,8H2,1-2H3. The third kappa shape index (κ3) is 3.48. The second-order valence-corrected chi connectivity index (χ2v) is 6.69. The minimum absolute atomic E-state index is 0.0231. The molecule has 7 heteroatoms. The minimum Gasteiger partial charge on any atom is -0.486 e. The Morgan fingerprint density at radius 3 is 2.68 bits per heavy atom. The molecule has 0 unspecified atom stereocenters. The SMILES string of the molecule is Cc1ccc(OCc2ccn(C)n2)c(S(=O)(=O)Cl)c1. The van der Waals surface area contributed by atoms with Gasteiger partial charge in [-0.05, 0) is 30.7 Å². The first-order valence-corrected chi connectivity index (χ1v) is 7.84. The zero-order chi connectivity index (χ0) is 14.0. The van der Waals surface area contributed by atoms with Gasteiger partial charge >= 0.3 is 0 Å². The van der Waals surface area contributed by atoms with Crippen molar-refractivity contribution >= 4 is 19.7 Å². The average Bonchev–Trinajstić information content (AvgIpc) is 2.72. The van der Waals surface area contributed by atoms with Gasteiger partial charge in [-0.2, -0.15) is 5.10 Å². The van der Waals surface area contributed by atoms with Crippen LogP contribution in [-0.4, -0.2) is 18.2 Å². The summed E-state index contributed by atoms with van der Waals surface area (Å²) in [6, 6.07) is 6.63. The van der Waals surface area contributed by atoms with Crippen molar-refractivity contribution in [2.45, 2.75) is 18.4 Å². The lowest BCUT2D eigenvalue weighted by molar-refractivity contribution is 0.292. The van der Waals surface area contributed by atoms with Gasteiger partial charge in [-0.25, -0.2) is 8.42 Å². The molecule has 0 fully saturated rings. The van der Waals surface area contributed by atoms with Gasteiger partial charge in [0.25, 0.3) is 9.05 Å². The molecule has 0 aliphatic carbocycles. The van der Waals surface area contributed by atoms with Crippen molar-refractivity contribution in [3.63, 3.8) is 0 Å². The van der Waals surface area contributed by atoms with Gasteiger partial charge in [-0.15, -0.1) is 0 Å². The number of benzene rings is 1. The van der Waals surface area contributed by atoms with E-state index in [1.807, 2.05) is 0 Å². The van der Waals surface area contributed by atoms with Crippen molar-refractivity contribution < 1.29 is 13.2 Å². The van der Waals surface area contributed by atoms with Crippen molar-refractivity contribution in [3.8, 4) is 5.75 Å². The Hall–Kier alpha value is -1.53. The van der Waals surface area contributed by atoms with Gasteiger partial charge in [0.2, 0.25) is 0 Å². The average molecular weight is 301 g/mol. The number of hydrogen-bond donors (Lipinski definition) is 0. The number of aryl methyl sites for hydroxylation is 2. The monoisotopic (exact) mass is 300 g/mol. The van der Waals surface area contributed by atoms with Crippen LogP contribution in [0, 0.1) is 6.92 Å². The third-order valence-electron chi connectivity index (χ3n) is 2.51. The van der Waals surface area contributed by atoms with Gasteiger partial charge in [0.1, 0.15) is 17.3 Å². The number of nitrogens with zero attached hydrogens (tertiary/aromatic N) is 2. The number of rotatable bonds is 4. The van der Waals surface area contributed by atoms with Gasteiger partial charge in [0.15, 0.2) is 0 Å². The van der Waals surface area contributed by atoms with Crippen molar-refractivity contribution in [2.24, 2.45) is 7.05 Å².